The van der Waals surface area contributed by atoms with Crippen LogP contribution in [0.4, 0.5) is 17.6 Å². The predicted molar refractivity (Wildman–Crippen MR) is 25.5 cm³/mol. The minimum absolute atomic E-state index is 0.715. The second kappa shape index (κ2) is 2.15. The molecule has 1 unspecified atom stereocenters. The summed E-state index contributed by atoms with van der Waals surface area (Å²) in [6.07, 6.45) is -4.54. The summed E-state index contributed by atoms with van der Waals surface area (Å²) in [5.41, 5.74) is -2.44. The first-order chi connectivity index (χ1) is 3.81. The Morgan fingerprint density at radius 1 is 1.33 bits per heavy atom. The SMILES string of the molecule is [CH2]C(C)(CF)C(F)(F)F. The molecule has 0 nitrogen and oxygen atoms in total. The Labute approximate surface area is 50.9 Å². The molecule has 0 aromatic rings. The van der Waals surface area contributed by atoms with Crippen LogP contribution < -0.4 is 0 Å². The Balaban J connectivity index is 4.14. The second-order valence-electron chi connectivity index (χ2n) is 2.19. The number of hydrogen-bond acceptors (Lipinski definition) is 0. The zero-order valence-electron chi connectivity index (χ0n) is 4.93. The molecule has 0 heterocycles. The second-order valence-corrected chi connectivity index (χ2v) is 2.19. The van der Waals surface area contributed by atoms with Gasteiger partial charge in [0, 0.05) is 0 Å². The highest BCUT2D eigenvalue weighted by atomic mass is 19.4. The molecule has 1 atom stereocenters. The van der Waals surface area contributed by atoms with Crippen molar-refractivity contribution in [2.24, 2.45) is 5.41 Å². The standard InChI is InChI=1S/C5H7F4/c1-4(2,3-6)5(7,8)9/h1,3H2,2H3. The third kappa shape index (κ3) is 1.84. The Hall–Kier alpha value is -0.280. The molecule has 1 radical (unpaired) electrons. The fourth-order valence-corrected chi connectivity index (χ4v) is 0.0758. The van der Waals surface area contributed by atoms with Gasteiger partial charge in [-0.2, -0.15) is 13.2 Å². The van der Waals surface area contributed by atoms with Crippen molar-refractivity contribution in [1.29, 1.82) is 0 Å². The van der Waals surface area contributed by atoms with Crippen LogP contribution in [0.25, 0.3) is 0 Å². The summed E-state index contributed by atoms with van der Waals surface area (Å²) in [6.45, 7) is 1.90. The topological polar surface area (TPSA) is 0 Å². The molecule has 0 saturated heterocycles. The van der Waals surface area contributed by atoms with Gasteiger partial charge >= 0.3 is 6.18 Å². The Bertz CT molecular complexity index is 91.6. The number of rotatable bonds is 1. The largest absolute Gasteiger partial charge is 0.396 e. The summed E-state index contributed by atoms with van der Waals surface area (Å²) in [6, 6.07) is 0. The Morgan fingerprint density at radius 2 is 1.67 bits per heavy atom. The number of hydrogen-bond donors (Lipinski definition) is 0. The maximum atomic E-state index is 11.5. The molecular formula is C5H7F4. The van der Waals surface area contributed by atoms with Crippen LogP contribution >= 0.6 is 0 Å². The van der Waals surface area contributed by atoms with Gasteiger partial charge in [-0.15, -0.1) is 0 Å². The molecule has 0 aliphatic heterocycles. The summed E-state index contributed by atoms with van der Waals surface area (Å²) in [4.78, 5) is 0. The van der Waals surface area contributed by atoms with E-state index in [0.717, 1.165) is 0 Å². The van der Waals surface area contributed by atoms with Gasteiger partial charge in [0.2, 0.25) is 0 Å². The van der Waals surface area contributed by atoms with Crippen LogP contribution in [0, 0.1) is 12.3 Å². The summed E-state index contributed by atoms with van der Waals surface area (Å²) in [5.74, 6) is 0. The van der Waals surface area contributed by atoms with Gasteiger partial charge in [-0.25, -0.2) is 0 Å². The Morgan fingerprint density at radius 3 is 1.67 bits per heavy atom. The fraction of sp³-hybridized carbons (Fsp3) is 0.800. The van der Waals surface area contributed by atoms with Crippen molar-refractivity contribution in [3.05, 3.63) is 6.92 Å². The van der Waals surface area contributed by atoms with E-state index >= 15 is 0 Å². The van der Waals surface area contributed by atoms with Crippen LogP contribution in [0.5, 0.6) is 0 Å². The highest BCUT2D eigenvalue weighted by Crippen LogP contribution is 2.36. The molecule has 0 aliphatic rings. The zero-order chi connectivity index (χ0) is 7.71. The molecule has 0 amide bonds. The van der Waals surface area contributed by atoms with Crippen LogP contribution in [0.15, 0.2) is 0 Å². The van der Waals surface area contributed by atoms with E-state index in [-0.39, 0.29) is 0 Å². The van der Waals surface area contributed by atoms with Crippen LogP contribution in [0.1, 0.15) is 6.92 Å². The summed E-state index contributed by atoms with van der Waals surface area (Å²) in [5, 5.41) is 0. The molecule has 9 heavy (non-hydrogen) atoms. The number of alkyl halides is 4. The molecular weight excluding hydrogens is 136 g/mol. The van der Waals surface area contributed by atoms with Gasteiger partial charge in [0.05, 0.1) is 5.41 Å². The molecule has 0 fully saturated rings. The lowest BCUT2D eigenvalue weighted by atomic mass is 9.95. The van der Waals surface area contributed by atoms with E-state index in [1.807, 2.05) is 0 Å². The maximum Gasteiger partial charge on any atom is 0.396 e. The minimum atomic E-state index is -4.54. The van der Waals surface area contributed by atoms with Crippen LogP contribution in [0.2, 0.25) is 0 Å². The zero-order valence-corrected chi connectivity index (χ0v) is 4.93. The third-order valence-corrected chi connectivity index (χ3v) is 0.979. The predicted octanol–water partition coefficient (Wildman–Crippen LogP) is 2.36. The maximum absolute atomic E-state index is 11.5. The van der Waals surface area contributed by atoms with Crippen molar-refractivity contribution in [2.45, 2.75) is 13.1 Å². The van der Waals surface area contributed by atoms with Crippen molar-refractivity contribution in [3.63, 3.8) is 0 Å². The monoisotopic (exact) mass is 143 g/mol. The molecule has 0 aromatic carbocycles. The van der Waals surface area contributed by atoms with Crippen LogP contribution in [-0.4, -0.2) is 12.9 Å². The lowest BCUT2D eigenvalue weighted by molar-refractivity contribution is -0.205. The van der Waals surface area contributed by atoms with Gasteiger partial charge in [0.15, 0.2) is 0 Å². The minimum Gasteiger partial charge on any atom is -0.250 e. The third-order valence-electron chi connectivity index (χ3n) is 0.979. The molecule has 0 saturated carbocycles. The molecule has 4 heteroatoms. The van der Waals surface area contributed by atoms with Gasteiger partial charge in [-0.05, 0) is 13.8 Å². The summed E-state index contributed by atoms with van der Waals surface area (Å²) < 4.78 is 46.1. The first-order valence-electron chi connectivity index (χ1n) is 2.29. The smallest absolute Gasteiger partial charge is 0.250 e. The van der Waals surface area contributed by atoms with Crippen molar-refractivity contribution >= 4 is 0 Å². The van der Waals surface area contributed by atoms with Gasteiger partial charge in [0.1, 0.15) is 6.67 Å². The van der Waals surface area contributed by atoms with E-state index < -0.39 is 18.3 Å². The highest BCUT2D eigenvalue weighted by Gasteiger charge is 2.47. The van der Waals surface area contributed by atoms with Gasteiger partial charge in [-0.1, -0.05) is 0 Å². The summed E-state index contributed by atoms with van der Waals surface area (Å²) in [7, 11) is 0. The van der Waals surface area contributed by atoms with E-state index in [1.165, 1.54) is 0 Å². The van der Waals surface area contributed by atoms with E-state index in [1.54, 1.807) is 0 Å². The lowest BCUT2D eigenvalue weighted by Gasteiger charge is -2.23. The van der Waals surface area contributed by atoms with Crippen molar-refractivity contribution < 1.29 is 17.6 Å². The normalized spacial score (nSPS) is 14.0. The molecule has 0 bridgehead atoms. The molecule has 0 N–H and O–H groups in total. The first-order valence-corrected chi connectivity index (χ1v) is 2.29. The summed E-state index contributed by atoms with van der Waals surface area (Å²) >= 11 is 0. The van der Waals surface area contributed by atoms with Crippen molar-refractivity contribution in [1.82, 2.24) is 0 Å². The molecule has 0 rings (SSSR count). The van der Waals surface area contributed by atoms with E-state index in [2.05, 4.69) is 6.92 Å². The lowest BCUT2D eigenvalue weighted by Crippen LogP contribution is -2.34. The first kappa shape index (κ1) is 8.72. The molecule has 55 valence electrons. The quantitative estimate of drug-likeness (QED) is 0.494. The highest BCUT2D eigenvalue weighted by molar-refractivity contribution is 4.83. The van der Waals surface area contributed by atoms with Crippen LogP contribution in [-0.2, 0) is 0 Å². The van der Waals surface area contributed by atoms with Gasteiger partial charge < -0.3 is 0 Å². The molecule has 0 aromatic heterocycles. The average molecular weight is 143 g/mol. The van der Waals surface area contributed by atoms with E-state index in [9.17, 15) is 17.6 Å². The number of halogens is 4. The van der Waals surface area contributed by atoms with Crippen LogP contribution in [0.3, 0.4) is 0 Å². The molecule has 0 aliphatic carbocycles. The van der Waals surface area contributed by atoms with E-state index in [0.29, 0.717) is 6.92 Å². The average Bonchev–Trinajstić information content (AvgIpc) is 1.64. The van der Waals surface area contributed by atoms with Gasteiger partial charge in [0.25, 0.3) is 0 Å². The van der Waals surface area contributed by atoms with Crippen molar-refractivity contribution in [3.8, 4) is 0 Å². The van der Waals surface area contributed by atoms with Crippen molar-refractivity contribution in [2.75, 3.05) is 6.67 Å². The van der Waals surface area contributed by atoms with E-state index in [4.69, 9.17) is 0 Å². The molecule has 0 spiro atoms. The van der Waals surface area contributed by atoms with Gasteiger partial charge in [-0.3, -0.25) is 4.39 Å². The Kier molecular flexibility index (Phi) is 2.09. The fourth-order valence-electron chi connectivity index (χ4n) is 0.0758.